The molecule has 0 aromatic heterocycles. The summed E-state index contributed by atoms with van der Waals surface area (Å²) < 4.78 is 0. The molecule has 2 atom stereocenters. The van der Waals surface area contributed by atoms with Gasteiger partial charge in [-0.1, -0.05) is 13.3 Å². The van der Waals surface area contributed by atoms with Crippen LogP contribution in [-0.2, 0) is 0 Å². The fraction of sp³-hybridized carbons (Fsp3) is 1.00. The van der Waals surface area contributed by atoms with Gasteiger partial charge in [0.25, 0.3) is 0 Å². The van der Waals surface area contributed by atoms with Crippen LogP contribution in [0, 0.1) is 0 Å². The minimum absolute atomic E-state index is 0.462. The first-order valence-corrected chi connectivity index (χ1v) is 5.48. The van der Waals surface area contributed by atoms with E-state index in [1.165, 1.54) is 25.8 Å². The van der Waals surface area contributed by atoms with E-state index in [1.807, 2.05) is 6.92 Å². The molecule has 1 N–H and O–H groups in total. The van der Waals surface area contributed by atoms with Crippen LogP contribution in [0.1, 0.15) is 46.0 Å². The predicted octanol–water partition coefficient (Wildman–Crippen LogP) is 2.02. The summed E-state index contributed by atoms with van der Waals surface area (Å²) in [4.78, 5) is 2.40. The van der Waals surface area contributed by atoms with E-state index in [1.54, 1.807) is 0 Å². The van der Waals surface area contributed by atoms with E-state index in [-0.39, 0.29) is 0 Å². The van der Waals surface area contributed by atoms with Gasteiger partial charge in [0.1, 0.15) is 0 Å². The minimum atomic E-state index is -0.462. The van der Waals surface area contributed by atoms with Crippen molar-refractivity contribution in [3.05, 3.63) is 0 Å². The fourth-order valence-electron chi connectivity index (χ4n) is 2.05. The fourth-order valence-corrected chi connectivity index (χ4v) is 2.05. The molecule has 1 saturated heterocycles. The van der Waals surface area contributed by atoms with Gasteiger partial charge in [0.15, 0.2) is 0 Å². The van der Waals surface area contributed by atoms with Crippen molar-refractivity contribution in [3.8, 4) is 0 Å². The quantitative estimate of drug-likeness (QED) is 0.727. The van der Waals surface area contributed by atoms with Crippen molar-refractivity contribution in [1.82, 2.24) is 4.90 Å². The maximum atomic E-state index is 9.97. The molecule has 78 valence electrons. The number of hydrogen-bond donors (Lipinski definition) is 1. The Balaban J connectivity index is 2.42. The van der Waals surface area contributed by atoms with Crippen LogP contribution < -0.4 is 0 Å². The second-order valence-corrected chi connectivity index (χ2v) is 4.68. The van der Waals surface area contributed by atoms with E-state index in [0.29, 0.717) is 6.04 Å². The zero-order valence-corrected chi connectivity index (χ0v) is 9.21. The van der Waals surface area contributed by atoms with Crippen LogP contribution in [0.15, 0.2) is 0 Å². The molecule has 0 saturated carbocycles. The van der Waals surface area contributed by atoms with Crippen LogP contribution in [0.25, 0.3) is 0 Å². The third kappa shape index (κ3) is 3.28. The Morgan fingerprint density at radius 2 is 2.15 bits per heavy atom. The van der Waals surface area contributed by atoms with E-state index in [4.69, 9.17) is 0 Å². The highest BCUT2D eigenvalue weighted by Gasteiger charge is 2.27. The van der Waals surface area contributed by atoms with Gasteiger partial charge in [-0.2, -0.15) is 0 Å². The molecule has 13 heavy (non-hydrogen) atoms. The lowest BCUT2D eigenvalue weighted by molar-refractivity contribution is 0.0110. The highest BCUT2D eigenvalue weighted by molar-refractivity contribution is 4.82. The molecule has 0 spiro atoms. The van der Waals surface area contributed by atoms with Gasteiger partial charge in [-0.3, -0.25) is 0 Å². The largest absolute Gasteiger partial charge is 0.390 e. The van der Waals surface area contributed by atoms with Crippen LogP contribution in [0.4, 0.5) is 0 Å². The molecule has 0 aromatic carbocycles. The van der Waals surface area contributed by atoms with Crippen molar-refractivity contribution in [3.63, 3.8) is 0 Å². The zero-order chi connectivity index (χ0) is 9.90. The molecule has 0 radical (unpaired) electrons. The third-order valence-corrected chi connectivity index (χ3v) is 3.36. The van der Waals surface area contributed by atoms with E-state index in [9.17, 15) is 5.11 Å². The average Bonchev–Trinajstić information content (AvgIpc) is 2.09. The zero-order valence-electron chi connectivity index (χ0n) is 9.21. The third-order valence-electron chi connectivity index (χ3n) is 3.36. The first-order chi connectivity index (χ1) is 6.05. The van der Waals surface area contributed by atoms with Gasteiger partial charge in [0.2, 0.25) is 0 Å². The van der Waals surface area contributed by atoms with E-state index in [0.717, 1.165) is 12.8 Å². The van der Waals surface area contributed by atoms with Crippen molar-refractivity contribution in [2.75, 3.05) is 13.6 Å². The van der Waals surface area contributed by atoms with Crippen LogP contribution in [0.3, 0.4) is 0 Å². The monoisotopic (exact) mass is 185 g/mol. The molecule has 1 heterocycles. The molecule has 1 rings (SSSR count). The minimum Gasteiger partial charge on any atom is -0.390 e. The molecule has 0 aromatic rings. The van der Waals surface area contributed by atoms with E-state index in [2.05, 4.69) is 18.9 Å². The molecule has 2 nitrogen and oxygen atoms in total. The molecular formula is C11H23NO. The highest BCUT2D eigenvalue weighted by Crippen LogP contribution is 2.25. The Bertz CT molecular complexity index is 156. The summed E-state index contributed by atoms with van der Waals surface area (Å²) in [6, 6.07) is 0.601. The first kappa shape index (κ1) is 11.0. The molecule has 1 fully saturated rings. The number of nitrogens with zero attached hydrogens (tertiary/aromatic N) is 1. The normalized spacial score (nSPS) is 30.0. The molecular weight excluding hydrogens is 162 g/mol. The highest BCUT2D eigenvalue weighted by atomic mass is 16.3. The molecule has 2 unspecified atom stereocenters. The van der Waals surface area contributed by atoms with Crippen molar-refractivity contribution in [2.45, 2.75) is 57.6 Å². The van der Waals surface area contributed by atoms with Crippen LogP contribution in [0.5, 0.6) is 0 Å². The van der Waals surface area contributed by atoms with E-state index >= 15 is 0 Å². The number of rotatable bonds is 3. The van der Waals surface area contributed by atoms with Crippen molar-refractivity contribution in [2.24, 2.45) is 0 Å². The van der Waals surface area contributed by atoms with Crippen LogP contribution in [0.2, 0.25) is 0 Å². The molecule has 1 aliphatic heterocycles. The first-order valence-electron chi connectivity index (χ1n) is 5.48. The van der Waals surface area contributed by atoms with Crippen molar-refractivity contribution in [1.29, 1.82) is 0 Å². The SMILES string of the molecule is CCC(C)(O)CC1CCCCN1C. The van der Waals surface area contributed by atoms with Gasteiger partial charge in [-0.25, -0.2) is 0 Å². The van der Waals surface area contributed by atoms with Gasteiger partial charge in [0, 0.05) is 6.04 Å². The summed E-state index contributed by atoms with van der Waals surface area (Å²) in [6.07, 6.45) is 5.69. The maximum Gasteiger partial charge on any atom is 0.0632 e. The summed E-state index contributed by atoms with van der Waals surface area (Å²) in [5.41, 5.74) is -0.462. The lowest BCUT2D eigenvalue weighted by Crippen LogP contribution is -2.41. The summed E-state index contributed by atoms with van der Waals surface area (Å²) >= 11 is 0. The average molecular weight is 185 g/mol. The molecule has 0 aliphatic carbocycles. The second kappa shape index (κ2) is 4.43. The van der Waals surface area contributed by atoms with Crippen LogP contribution in [-0.4, -0.2) is 35.2 Å². The second-order valence-electron chi connectivity index (χ2n) is 4.68. The number of piperidine rings is 1. The van der Waals surface area contributed by atoms with Gasteiger partial charge in [0.05, 0.1) is 5.60 Å². The number of likely N-dealkylation sites (tertiary alicyclic amines) is 1. The Kier molecular flexibility index (Phi) is 3.74. The van der Waals surface area contributed by atoms with E-state index < -0.39 is 5.60 Å². The van der Waals surface area contributed by atoms with Gasteiger partial charge >= 0.3 is 0 Å². The van der Waals surface area contributed by atoms with Gasteiger partial charge in [-0.15, -0.1) is 0 Å². The Labute approximate surface area is 81.9 Å². The molecule has 0 bridgehead atoms. The van der Waals surface area contributed by atoms with Crippen molar-refractivity contribution >= 4 is 0 Å². The van der Waals surface area contributed by atoms with Crippen molar-refractivity contribution < 1.29 is 5.11 Å². The summed E-state index contributed by atoms with van der Waals surface area (Å²) in [7, 11) is 2.18. The molecule has 1 aliphatic rings. The van der Waals surface area contributed by atoms with Gasteiger partial charge in [-0.05, 0) is 46.2 Å². The lowest BCUT2D eigenvalue weighted by Gasteiger charge is -2.36. The Morgan fingerprint density at radius 1 is 1.46 bits per heavy atom. The Morgan fingerprint density at radius 3 is 2.69 bits per heavy atom. The standard InChI is InChI=1S/C11H23NO/c1-4-11(2,13)9-10-7-5-6-8-12(10)3/h10,13H,4-9H2,1-3H3. The predicted molar refractivity (Wildman–Crippen MR) is 55.8 cm³/mol. The Hall–Kier alpha value is -0.0800. The topological polar surface area (TPSA) is 23.5 Å². The summed E-state index contributed by atoms with van der Waals surface area (Å²) in [5.74, 6) is 0. The van der Waals surface area contributed by atoms with Gasteiger partial charge < -0.3 is 10.0 Å². The number of hydrogen-bond acceptors (Lipinski definition) is 2. The molecule has 0 amide bonds. The maximum absolute atomic E-state index is 9.97. The smallest absolute Gasteiger partial charge is 0.0632 e. The number of aliphatic hydroxyl groups is 1. The van der Waals surface area contributed by atoms with Crippen LogP contribution >= 0.6 is 0 Å². The molecule has 2 heteroatoms. The summed E-state index contributed by atoms with van der Waals surface area (Å²) in [5, 5.41) is 9.97. The lowest BCUT2D eigenvalue weighted by atomic mass is 9.89. The summed E-state index contributed by atoms with van der Waals surface area (Å²) in [6.45, 7) is 5.21.